The first-order valence-corrected chi connectivity index (χ1v) is 8.39. The summed E-state index contributed by atoms with van der Waals surface area (Å²) < 4.78 is 0. The van der Waals surface area contributed by atoms with Gasteiger partial charge in [-0.1, -0.05) is 27.2 Å². The van der Waals surface area contributed by atoms with Gasteiger partial charge >= 0.3 is 0 Å². The van der Waals surface area contributed by atoms with Crippen LogP contribution in [0.25, 0.3) is 0 Å². The highest BCUT2D eigenvalue weighted by molar-refractivity contribution is 5.07. The second kappa shape index (κ2) is 7.74. The molecule has 1 aliphatic rings. The topological polar surface area (TPSA) is 57.8 Å². The van der Waals surface area contributed by atoms with Gasteiger partial charge < -0.3 is 10.3 Å². The normalized spacial score (nSPS) is 22.7. The standard InChI is InChI=1S/C17H29N3O/c1-4-13-5-7-14(8-6-13)17-19-15(9-16(21)20-17)11-18-10-12(2)3/h9,12-14,18H,4-8,10-11H2,1-3H3,(H,19,20,21). The summed E-state index contributed by atoms with van der Waals surface area (Å²) in [5.74, 6) is 2.81. The second-order valence-corrected chi connectivity index (χ2v) is 6.77. The van der Waals surface area contributed by atoms with Crippen molar-refractivity contribution in [3.63, 3.8) is 0 Å². The predicted octanol–water partition coefficient (Wildman–Crippen LogP) is 3.20. The molecule has 21 heavy (non-hydrogen) atoms. The van der Waals surface area contributed by atoms with Crippen molar-refractivity contribution in [2.45, 2.75) is 65.3 Å². The van der Waals surface area contributed by atoms with Crippen molar-refractivity contribution < 1.29 is 0 Å². The van der Waals surface area contributed by atoms with Gasteiger partial charge in [-0.15, -0.1) is 0 Å². The molecule has 4 nitrogen and oxygen atoms in total. The zero-order valence-electron chi connectivity index (χ0n) is 13.6. The first-order chi connectivity index (χ1) is 10.1. The Labute approximate surface area is 127 Å². The Balaban J connectivity index is 2.00. The van der Waals surface area contributed by atoms with E-state index in [9.17, 15) is 4.79 Å². The lowest BCUT2D eigenvalue weighted by Gasteiger charge is -2.27. The molecule has 0 saturated heterocycles. The molecule has 118 valence electrons. The molecule has 1 heterocycles. The van der Waals surface area contributed by atoms with E-state index in [1.165, 1.54) is 19.3 Å². The molecule has 0 bridgehead atoms. The fourth-order valence-corrected chi connectivity index (χ4v) is 3.15. The molecular weight excluding hydrogens is 262 g/mol. The maximum Gasteiger partial charge on any atom is 0.251 e. The maximum atomic E-state index is 11.8. The van der Waals surface area contributed by atoms with E-state index in [-0.39, 0.29) is 5.56 Å². The highest BCUT2D eigenvalue weighted by atomic mass is 16.1. The van der Waals surface area contributed by atoms with E-state index >= 15 is 0 Å². The van der Waals surface area contributed by atoms with Gasteiger partial charge in [-0.05, 0) is 44.1 Å². The van der Waals surface area contributed by atoms with Crippen molar-refractivity contribution in [3.8, 4) is 0 Å². The van der Waals surface area contributed by atoms with Crippen LogP contribution in [0.2, 0.25) is 0 Å². The average molecular weight is 291 g/mol. The molecule has 0 radical (unpaired) electrons. The van der Waals surface area contributed by atoms with Crippen LogP contribution in [0.4, 0.5) is 0 Å². The molecule has 2 rings (SSSR count). The number of hydrogen-bond donors (Lipinski definition) is 2. The predicted molar refractivity (Wildman–Crippen MR) is 86.4 cm³/mol. The summed E-state index contributed by atoms with van der Waals surface area (Å²) in [6.07, 6.45) is 6.12. The van der Waals surface area contributed by atoms with Crippen LogP contribution in [-0.2, 0) is 6.54 Å². The highest BCUT2D eigenvalue weighted by Crippen LogP contribution is 2.35. The summed E-state index contributed by atoms with van der Waals surface area (Å²) in [5.41, 5.74) is 0.853. The largest absolute Gasteiger partial charge is 0.311 e. The van der Waals surface area contributed by atoms with Gasteiger partial charge in [0.1, 0.15) is 5.82 Å². The van der Waals surface area contributed by atoms with Gasteiger partial charge in [0.15, 0.2) is 0 Å². The zero-order valence-corrected chi connectivity index (χ0v) is 13.6. The van der Waals surface area contributed by atoms with E-state index in [1.54, 1.807) is 6.07 Å². The van der Waals surface area contributed by atoms with E-state index in [0.717, 1.165) is 36.8 Å². The van der Waals surface area contributed by atoms with Crippen LogP contribution in [0, 0.1) is 11.8 Å². The Hall–Kier alpha value is -1.16. The van der Waals surface area contributed by atoms with Crippen molar-refractivity contribution in [2.24, 2.45) is 11.8 Å². The summed E-state index contributed by atoms with van der Waals surface area (Å²) in [5, 5.41) is 3.36. The van der Waals surface area contributed by atoms with Crippen LogP contribution in [0.15, 0.2) is 10.9 Å². The number of aromatic nitrogens is 2. The van der Waals surface area contributed by atoms with Crippen LogP contribution in [0.3, 0.4) is 0 Å². The molecular formula is C17H29N3O. The van der Waals surface area contributed by atoms with Gasteiger partial charge in [0, 0.05) is 18.5 Å². The Morgan fingerprint density at radius 2 is 2.05 bits per heavy atom. The van der Waals surface area contributed by atoms with Crippen molar-refractivity contribution in [3.05, 3.63) is 27.9 Å². The monoisotopic (exact) mass is 291 g/mol. The lowest BCUT2D eigenvalue weighted by atomic mass is 9.80. The van der Waals surface area contributed by atoms with Crippen LogP contribution in [-0.4, -0.2) is 16.5 Å². The summed E-state index contributed by atoms with van der Waals surface area (Å²) in [4.78, 5) is 19.5. The summed E-state index contributed by atoms with van der Waals surface area (Å²) in [6, 6.07) is 1.62. The van der Waals surface area contributed by atoms with Crippen LogP contribution in [0.1, 0.15) is 70.3 Å². The van der Waals surface area contributed by atoms with Gasteiger partial charge in [-0.3, -0.25) is 4.79 Å². The summed E-state index contributed by atoms with van der Waals surface area (Å²) in [6.45, 7) is 8.25. The highest BCUT2D eigenvalue weighted by Gasteiger charge is 2.23. The number of hydrogen-bond acceptors (Lipinski definition) is 3. The van der Waals surface area contributed by atoms with E-state index in [1.807, 2.05) is 0 Å². The Kier molecular flexibility index (Phi) is 5.97. The number of nitrogens with zero attached hydrogens (tertiary/aromatic N) is 1. The van der Waals surface area contributed by atoms with Crippen LogP contribution in [0.5, 0.6) is 0 Å². The average Bonchev–Trinajstić information content (AvgIpc) is 2.46. The number of aromatic amines is 1. The molecule has 0 aliphatic heterocycles. The zero-order chi connectivity index (χ0) is 15.2. The van der Waals surface area contributed by atoms with Crippen molar-refractivity contribution in [1.29, 1.82) is 0 Å². The van der Waals surface area contributed by atoms with E-state index in [4.69, 9.17) is 0 Å². The van der Waals surface area contributed by atoms with Crippen molar-refractivity contribution >= 4 is 0 Å². The second-order valence-electron chi connectivity index (χ2n) is 6.77. The quantitative estimate of drug-likeness (QED) is 0.846. The van der Waals surface area contributed by atoms with Crippen LogP contribution >= 0.6 is 0 Å². The molecule has 2 N–H and O–H groups in total. The Morgan fingerprint density at radius 1 is 1.33 bits per heavy atom. The summed E-state index contributed by atoms with van der Waals surface area (Å²) >= 11 is 0. The van der Waals surface area contributed by atoms with Gasteiger partial charge in [0.25, 0.3) is 5.56 Å². The molecule has 1 fully saturated rings. The van der Waals surface area contributed by atoms with E-state index in [2.05, 4.69) is 36.1 Å². The molecule has 1 aliphatic carbocycles. The minimum atomic E-state index is -0.0149. The fraction of sp³-hybridized carbons (Fsp3) is 0.765. The van der Waals surface area contributed by atoms with E-state index < -0.39 is 0 Å². The molecule has 0 amide bonds. The van der Waals surface area contributed by atoms with Gasteiger partial charge in [-0.2, -0.15) is 0 Å². The van der Waals surface area contributed by atoms with Crippen molar-refractivity contribution in [1.82, 2.24) is 15.3 Å². The molecule has 0 unspecified atom stereocenters. The smallest absolute Gasteiger partial charge is 0.251 e. The third kappa shape index (κ3) is 4.95. The minimum absolute atomic E-state index is 0.0149. The maximum absolute atomic E-state index is 11.8. The van der Waals surface area contributed by atoms with Gasteiger partial charge in [-0.25, -0.2) is 4.98 Å². The Bertz CT molecular complexity index is 487. The lowest BCUT2D eigenvalue weighted by molar-refractivity contribution is 0.311. The molecule has 0 aromatic carbocycles. The first kappa shape index (κ1) is 16.2. The third-order valence-electron chi connectivity index (χ3n) is 4.48. The molecule has 4 heteroatoms. The SMILES string of the molecule is CCC1CCC(c2nc(CNCC(C)C)cc(=O)[nH]2)CC1. The number of H-pyrrole nitrogens is 1. The Morgan fingerprint density at radius 3 is 2.67 bits per heavy atom. The molecule has 1 saturated carbocycles. The number of nitrogens with one attached hydrogen (secondary N) is 2. The first-order valence-electron chi connectivity index (χ1n) is 8.39. The van der Waals surface area contributed by atoms with Gasteiger partial charge in [0.05, 0.1) is 5.69 Å². The van der Waals surface area contributed by atoms with Crippen molar-refractivity contribution in [2.75, 3.05) is 6.54 Å². The molecule has 0 atom stereocenters. The van der Waals surface area contributed by atoms with Crippen LogP contribution < -0.4 is 10.9 Å². The minimum Gasteiger partial charge on any atom is -0.311 e. The summed E-state index contributed by atoms with van der Waals surface area (Å²) in [7, 11) is 0. The van der Waals surface area contributed by atoms with E-state index in [0.29, 0.717) is 18.4 Å². The number of rotatable bonds is 6. The third-order valence-corrected chi connectivity index (χ3v) is 4.48. The fourth-order valence-electron chi connectivity index (χ4n) is 3.15. The lowest BCUT2D eigenvalue weighted by Crippen LogP contribution is -2.24. The van der Waals surface area contributed by atoms with Gasteiger partial charge in [0.2, 0.25) is 0 Å². The molecule has 0 spiro atoms. The molecule has 1 aromatic rings. The molecule has 1 aromatic heterocycles.